The predicted molar refractivity (Wildman–Crippen MR) is 77.4 cm³/mol. The highest BCUT2D eigenvalue weighted by atomic mass is 32.2. The van der Waals surface area contributed by atoms with Gasteiger partial charge in [0.05, 0.1) is 19.3 Å². The highest BCUT2D eigenvalue weighted by Crippen LogP contribution is 2.51. The quantitative estimate of drug-likeness (QED) is 0.692. The summed E-state index contributed by atoms with van der Waals surface area (Å²) in [4.78, 5) is 34.1. The number of imide groups is 1. The Bertz CT molecular complexity index is 381. The molecule has 0 heterocycles. The van der Waals surface area contributed by atoms with E-state index in [2.05, 4.69) is 15.4 Å². The monoisotopic (exact) mass is 302 g/mol. The Morgan fingerprint density at radius 3 is 2.45 bits per heavy atom. The molecule has 1 aliphatic carbocycles. The summed E-state index contributed by atoms with van der Waals surface area (Å²) < 4.78 is 4.66. The fourth-order valence-electron chi connectivity index (χ4n) is 1.75. The lowest BCUT2D eigenvalue weighted by Gasteiger charge is -2.13. The Morgan fingerprint density at radius 2 is 1.95 bits per heavy atom. The van der Waals surface area contributed by atoms with Crippen molar-refractivity contribution >= 4 is 29.7 Å². The number of amides is 3. The van der Waals surface area contributed by atoms with Crippen molar-refractivity contribution in [3.05, 3.63) is 0 Å². The van der Waals surface area contributed by atoms with Gasteiger partial charge in [0.2, 0.25) is 5.91 Å². The van der Waals surface area contributed by atoms with Crippen molar-refractivity contribution in [3.8, 4) is 0 Å². The summed E-state index contributed by atoms with van der Waals surface area (Å²) >= 11 is 1.44. The summed E-state index contributed by atoms with van der Waals surface area (Å²) in [6.07, 6.45) is 2.39. The van der Waals surface area contributed by atoms with Gasteiger partial charge in [-0.2, -0.15) is 11.8 Å². The van der Waals surface area contributed by atoms with Crippen LogP contribution in [0.1, 0.15) is 33.1 Å². The van der Waals surface area contributed by atoms with Crippen LogP contribution in [0, 0.1) is 5.41 Å². The molecule has 2 N–H and O–H groups in total. The van der Waals surface area contributed by atoms with Crippen LogP contribution in [0.2, 0.25) is 0 Å². The fourth-order valence-corrected chi connectivity index (χ4v) is 2.93. The van der Waals surface area contributed by atoms with Crippen LogP contribution in [-0.2, 0) is 14.3 Å². The number of hydrogen-bond acceptors (Lipinski definition) is 5. The molecule has 0 saturated heterocycles. The zero-order valence-electron chi connectivity index (χ0n) is 12.2. The van der Waals surface area contributed by atoms with Crippen molar-refractivity contribution in [2.24, 2.45) is 5.41 Å². The first-order chi connectivity index (χ1) is 9.37. The number of hydrogen-bond donors (Lipinski definition) is 2. The summed E-state index contributed by atoms with van der Waals surface area (Å²) in [5, 5.41) is 4.85. The molecule has 0 aromatic heterocycles. The van der Waals surface area contributed by atoms with Crippen molar-refractivity contribution in [3.63, 3.8) is 0 Å². The zero-order chi connectivity index (χ0) is 15.2. The Balaban J connectivity index is 2.19. The van der Waals surface area contributed by atoms with Crippen LogP contribution in [0.4, 0.5) is 4.79 Å². The molecule has 0 atom stereocenters. The standard InChI is InChI=1S/C13H22N2O4S/c1-9(2)14-12(18)15-10(16)7-20-8-13(4-5-13)6-11(17)19-3/h9H,4-8H2,1-3H3,(H2,14,15,16,18). The average molecular weight is 302 g/mol. The van der Waals surface area contributed by atoms with Gasteiger partial charge in [0.15, 0.2) is 0 Å². The van der Waals surface area contributed by atoms with E-state index in [1.807, 2.05) is 13.8 Å². The van der Waals surface area contributed by atoms with Gasteiger partial charge < -0.3 is 10.1 Å². The molecule has 20 heavy (non-hydrogen) atoms. The number of rotatable bonds is 7. The number of thioether (sulfide) groups is 1. The van der Waals surface area contributed by atoms with Crippen LogP contribution in [-0.4, -0.2) is 42.6 Å². The van der Waals surface area contributed by atoms with E-state index in [-0.39, 0.29) is 29.1 Å². The molecule has 114 valence electrons. The molecule has 1 fully saturated rings. The van der Waals surface area contributed by atoms with Crippen LogP contribution in [0.5, 0.6) is 0 Å². The first kappa shape index (κ1) is 16.8. The van der Waals surface area contributed by atoms with Crippen molar-refractivity contribution in [1.82, 2.24) is 10.6 Å². The van der Waals surface area contributed by atoms with Crippen molar-refractivity contribution in [1.29, 1.82) is 0 Å². The molecule has 3 amide bonds. The number of ether oxygens (including phenoxy) is 1. The Kier molecular flexibility index (Phi) is 6.32. The zero-order valence-corrected chi connectivity index (χ0v) is 13.0. The molecule has 6 nitrogen and oxygen atoms in total. The third-order valence-corrected chi connectivity index (χ3v) is 4.30. The summed E-state index contributed by atoms with van der Waals surface area (Å²) in [7, 11) is 1.38. The van der Waals surface area contributed by atoms with E-state index in [1.54, 1.807) is 0 Å². The lowest BCUT2D eigenvalue weighted by molar-refractivity contribution is -0.141. The minimum absolute atomic E-state index is 0.00175. The molecule has 1 rings (SSSR count). The third-order valence-electron chi connectivity index (χ3n) is 3.02. The van der Waals surface area contributed by atoms with Crippen LogP contribution < -0.4 is 10.6 Å². The highest BCUT2D eigenvalue weighted by molar-refractivity contribution is 8.00. The van der Waals surface area contributed by atoms with Gasteiger partial charge in [-0.25, -0.2) is 4.79 Å². The molecule has 0 bridgehead atoms. The first-order valence-electron chi connectivity index (χ1n) is 6.62. The Morgan fingerprint density at radius 1 is 1.30 bits per heavy atom. The van der Waals surface area contributed by atoms with E-state index in [4.69, 9.17) is 0 Å². The lowest BCUT2D eigenvalue weighted by Crippen LogP contribution is -2.43. The minimum Gasteiger partial charge on any atom is -0.469 e. The molecule has 1 saturated carbocycles. The predicted octanol–water partition coefficient (Wildman–Crippen LogP) is 1.30. The van der Waals surface area contributed by atoms with Gasteiger partial charge in [0.25, 0.3) is 0 Å². The second kappa shape index (κ2) is 7.52. The largest absolute Gasteiger partial charge is 0.469 e. The molecule has 0 aliphatic heterocycles. The van der Waals surface area contributed by atoms with Crippen molar-refractivity contribution in [2.45, 2.75) is 39.2 Å². The molecular formula is C13H22N2O4S. The molecular weight excluding hydrogens is 280 g/mol. The maximum Gasteiger partial charge on any atom is 0.321 e. The molecule has 1 aliphatic rings. The third kappa shape index (κ3) is 6.27. The number of esters is 1. The van der Waals surface area contributed by atoms with Gasteiger partial charge in [0, 0.05) is 6.04 Å². The van der Waals surface area contributed by atoms with Gasteiger partial charge in [-0.3, -0.25) is 14.9 Å². The van der Waals surface area contributed by atoms with Gasteiger partial charge >= 0.3 is 12.0 Å². The Hall–Kier alpha value is -1.24. The number of carbonyl (C=O) groups is 3. The SMILES string of the molecule is COC(=O)CC1(CSCC(=O)NC(=O)NC(C)C)CC1. The molecule has 0 aromatic rings. The van der Waals surface area contributed by atoms with Crippen LogP contribution in [0.15, 0.2) is 0 Å². The van der Waals surface area contributed by atoms with Crippen molar-refractivity contribution < 1.29 is 19.1 Å². The number of methoxy groups -OCH3 is 1. The fraction of sp³-hybridized carbons (Fsp3) is 0.769. The van der Waals surface area contributed by atoms with Crippen LogP contribution in [0.3, 0.4) is 0 Å². The van der Waals surface area contributed by atoms with E-state index < -0.39 is 6.03 Å². The maximum absolute atomic E-state index is 11.5. The van der Waals surface area contributed by atoms with Gasteiger partial charge in [-0.05, 0) is 37.9 Å². The molecule has 0 radical (unpaired) electrons. The van der Waals surface area contributed by atoms with Crippen molar-refractivity contribution in [2.75, 3.05) is 18.6 Å². The smallest absolute Gasteiger partial charge is 0.321 e. The summed E-state index contributed by atoms with van der Waals surface area (Å²) in [6.45, 7) is 3.64. The average Bonchev–Trinajstić information content (AvgIpc) is 3.07. The van der Waals surface area contributed by atoms with E-state index >= 15 is 0 Å². The highest BCUT2D eigenvalue weighted by Gasteiger charge is 2.44. The molecule has 0 unspecified atom stereocenters. The minimum atomic E-state index is -0.471. The van der Waals surface area contributed by atoms with E-state index in [0.29, 0.717) is 6.42 Å². The topological polar surface area (TPSA) is 84.5 Å². The van der Waals surface area contributed by atoms with Gasteiger partial charge in [0.1, 0.15) is 0 Å². The summed E-state index contributed by atoms with van der Waals surface area (Å²) in [6, 6.07) is -0.480. The van der Waals surface area contributed by atoms with E-state index in [0.717, 1.165) is 18.6 Å². The molecule has 0 aromatic carbocycles. The number of carbonyl (C=O) groups excluding carboxylic acids is 3. The first-order valence-corrected chi connectivity index (χ1v) is 7.77. The summed E-state index contributed by atoms with van der Waals surface area (Å²) in [5.41, 5.74) is -0.00175. The van der Waals surface area contributed by atoms with Crippen LogP contribution >= 0.6 is 11.8 Å². The van der Waals surface area contributed by atoms with E-state index in [1.165, 1.54) is 18.9 Å². The molecule has 0 spiro atoms. The van der Waals surface area contributed by atoms with Gasteiger partial charge in [-0.1, -0.05) is 0 Å². The Labute approximate surface area is 123 Å². The number of urea groups is 1. The van der Waals surface area contributed by atoms with Gasteiger partial charge in [-0.15, -0.1) is 0 Å². The lowest BCUT2D eigenvalue weighted by atomic mass is 10.1. The van der Waals surface area contributed by atoms with Crippen LogP contribution in [0.25, 0.3) is 0 Å². The number of nitrogens with one attached hydrogen (secondary N) is 2. The summed E-state index contributed by atoms with van der Waals surface area (Å²) in [5.74, 6) is 0.432. The second-order valence-electron chi connectivity index (χ2n) is 5.42. The second-order valence-corrected chi connectivity index (χ2v) is 6.41. The normalized spacial score (nSPS) is 15.6. The van der Waals surface area contributed by atoms with E-state index in [9.17, 15) is 14.4 Å². The maximum atomic E-state index is 11.5. The molecule has 7 heteroatoms.